The molecule has 2 rings (SSSR count). The molecule has 1 saturated carbocycles. The van der Waals surface area contributed by atoms with Crippen molar-refractivity contribution in [3.63, 3.8) is 0 Å². The lowest BCUT2D eigenvalue weighted by Gasteiger charge is -2.28. The van der Waals surface area contributed by atoms with Crippen LogP contribution >= 0.6 is 23.2 Å². The monoisotopic (exact) mass is 393 g/mol. The predicted molar refractivity (Wildman–Crippen MR) is 96.6 cm³/mol. The lowest BCUT2D eigenvalue weighted by Crippen LogP contribution is -2.42. The number of hydrogen-bond acceptors (Lipinski definition) is 4. The number of benzene rings is 1. The second-order valence-electron chi connectivity index (χ2n) is 5.81. The molecular formula is C15H21Cl2N3O3S. The zero-order valence-corrected chi connectivity index (χ0v) is 15.6. The van der Waals surface area contributed by atoms with Gasteiger partial charge in [-0.15, -0.1) is 0 Å². The number of rotatable bonds is 6. The highest BCUT2D eigenvalue weighted by Crippen LogP contribution is 2.26. The first-order chi connectivity index (χ1) is 11.3. The maximum Gasteiger partial charge on any atom is 0.241 e. The quantitative estimate of drug-likeness (QED) is 0.648. The van der Waals surface area contributed by atoms with Crippen LogP contribution in [0.5, 0.6) is 0 Å². The van der Waals surface area contributed by atoms with Crippen molar-refractivity contribution in [2.45, 2.75) is 38.6 Å². The van der Waals surface area contributed by atoms with Crippen molar-refractivity contribution in [1.29, 1.82) is 0 Å². The molecule has 1 aliphatic carbocycles. The topological polar surface area (TPSA) is 87.3 Å². The van der Waals surface area contributed by atoms with E-state index in [0.29, 0.717) is 41.4 Å². The molecule has 134 valence electrons. The number of sulfonamides is 1. The fourth-order valence-electron chi connectivity index (χ4n) is 2.62. The molecule has 0 heterocycles. The normalized spacial score (nSPS) is 21.3. The predicted octanol–water partition coefficient (Wildman–Crippen LogP) is 2.93. The van der Waals surface area contributed by atoms with Gasteiger partial charge in [0, 0.05) is 12.0 Å². The number of hydrogen-bond donors (Lipinski definition) is 3. The molecule has 0 spiro atoms. The fourth-order valence-corrected chi connectivity index (χ4v) is 3.83. The minimum atomic E-state index is -3.20. The van der Waals surface area contributed by atoms with Gasteiger partial charge in [0.2, 0.25) is 15.9 Å². The summed E-state index contributed by atoms with van der Waals surface area (Å²) in [6.45, 7) is 1.61. The number of hydrazine groups is 1. The van der Waals surface area contributed by atoms with Crippen molar-refractivity contribution in [2.24, 2.45) is 5.92 Å². The number of carbonyl (C=O) groups is 1. The number of anilines is 1. The van der Waals surface area contributed by atoms with Gasteiger partial charge in [-0.1, -0.05) is 23.2 Å². The first-order valence-electron chi connectivity index (χ1n) is 7.81. The van der Waals surface area contributed by atoms with E-state index in [1.165, 1.54) is 0 Å². The Balaban J connectivity index is 1.79. The number of carbonyl (C=O) groups excluding carboxylic acids is 1. The van der Waals surface area contributed by atoms with Crippen LogP contribution in [0.1, 0.15) is 32.6 Å². The number of nitrogens with one attached hydrogen (secondary N) is 3. The average Bonchev–Trinajstić information content (AvgIpc) is 2.56. The van der Waals surface area contributed by atoms with Gasteiger partial charge in [0.15, 0.2) is 0 Å². The van der Waals surface area contributed by atoms with Gasteiger partial charge in [0.1, 0.15) is 0 Å². The second-order valence-corrected chi connectivity index (χ2v) is 8.67. The van der Waals surface area contributed by atoms with Crippen molar-refractivity contribution in [1.82, 2.24) is 10.1 Å². The van der Waals surface area contributed by atoms with E-state index in [1.54, 1.807) is 25.1 Å². The molecule has 0 bridgehead atoms. The smallest absolute Gasteiger partial charge is 0.241 e. The summed E-state index contributed by atoms with van der Waals surface area (Å²) in [5.74, 6) is -0.179. The van der Waals surface area contributed by atoms with Crippen molar-refractivity contribution in [3.8, 4) is 0 Å². The lowest BCUT2D eigenvalue weighted by molar-refractivity contribution is -0.125. The van der Waals surface area contributed by atoms with Crippen LogP contribution in [-0.2, 0) is 14.8 Å². The third-order valence-corrected chi connectivity index (χ3v) is 6.27. The SMILES string of the molecule is CCS(=O)(=O)NC1CCC(C(=O)NNc2ccc(Cl)c(Cl)c2)CC1. The Labute approximate surface area is 152 Å². The van der Waals surface area contributed by atoms with Crippen LogP contribution in [0.4, 0.5) is 5.69 Å². The summed E-state index contributed by atoms with van der Waals surface area (Å²) in [6, 6.07) is 4.90. The van der Waals surface area contributed by atoms with Gasteiger partial charge in [-0.3, -0.25) is 15.6 Å². The van der Waals surface area contributed by atoms with Crippen LogP contribution in [0.25, 0.3) is 0 Å². The Kier molecular flexibility index (Phi) is 6.74. The molecule has 1 amide bonds. The second kappa shape index (κ2) is 8.38. The molecule has 1 aliphatic rings. The van der Waals surface area contributed by atoms with Gasteiger partial charge < -0.3 is 0 Å². The van der Waals surface area contributed by atoms with E-state index in [0.717, 1.165) is 0 Å². The largest absolute Gasteiger partial charge is 0.299 e. The minimum absolute atomic E-state index is 0.0704. The van der Waals surface area contributed by atoms with Crippen LogP contribution in [0.2, 0.25) is 10.0 Å². The highest BCUT2D eigenvalue weighted by molar-refractivity contribution is 7.89. The van der Waals surface area contributed by atoms with E-state index in [4.69, 9.17) is 23.2 Å². The zero-order valence-electron chi connectivity index (χ0n) is 13.3. The molecule has 24 heavy (non-hydrogen) atoms. The molecule has 0 aliphatic heterocycles. The van der Waals surface area contributed by atoms with Gasteiger partial charge in [-0.25, -0.2) is 13.1 Å². The van der Waals surface area contributed by atoms with Gasteiger partial charge in [-0.05, 0) is 50.8 Å². The molecule has 0 aromatic heterocycles. The van der Waals surface area contributed by atoms with E-state index in [-0.39, 0.29) is 23.6 Å². The van der Waals surface area contributed by atoms with E-state index in [1.807, 2.05) is 0 Å². The average molecular weight is 394 g/mol. The Morgan fingerprint density at radius 1 is 1.17 bits per heavy atom. The Bertz CT molecular complexity index is 689. The van der Waals surface area contributed by atoms with Gasteiger partial charge in [-0.2, -0.15) is 0 Å². The summed E-state index contributed by atoms with van der Waals surface area (Å²) in [7, 11) is -3.20. The molecule has 0 unspecified atom stereocenters. The van der Waals surface area contributed by atoms with Crippen molar-refractivity contribution in [2.75, 3.05) is 11.2 Å². The summed E-state index contributed by atoms with van der Waals surface area (Å²) in [6.07, 6.45) is 2.60. The van der Waals surface area contributed by atoms with Crippen LogP contribution in [-0.4, -0.2) is 26.1 Å². The first kappa shape index (κ1) is 19.3. The van der Waals surface area contributed by atoms with Crippen LogP contribution in [0, 0.1) is 5.92 Å². The van der Waals surface area contributed by atoms with Crippen LogP contribution < -0.4 is 15.6 Å². The molecule has 1 aromatic rings. The van der Waals surface area contributed by atoms with Gasteiger partial charge in [0.25, 0.3) is 0 Å². The van der Waals surface area contributed by atoms with E-state index in [2.05, 4.69) is 15.6 Å². The third kappa shape index (κ3) is 5.51. The highest BCUT2D eigenvalue weighted by atomic mass is 35.5. The van der Waals surface area contributed by atoms with Crippen LogP contribution in [0.15, 0.2) is 18.2 Å². The Morgan fingerprint density at radius 3 is 2.42 bits per heavy atom. The fraction of sp³-hybridized carbons (Fsp3) is 0.533. The molecule has 6 nitrogen and oxygen atoms in total. The van der Waals surface area contributed by atoms with E-state index < -0.39 is 10.0 Å². The molecular weight excluding hydrogens is 373 g/mol. The van der Waals surface area contributed by atoms with Gasteiger partial charge >= 0.3 is 0 Å². The summed E-state index contributed by atoms with van der Waals surface area (Å²) in [4.78, 5) is 12.2. The minimum Gasteiger partial charge on any atom is -0.299 e. The molecule has 1 fully saturated rings. The van der Waals surface area contributed by atoms with Crippen molar-refractivity contribution < 1.29 is 13.2 Å². The molecule has 1 aromatic carbocycles. The summed E-state index contributed by atoms with van der Waals surface area (Å²) < 4.78 is 25.8. The Morgan fingerprint density at radius 2 is 1.83 bits per heavy atom. The van der Waals surface area contributed by atoms with Crippen molar-refractivity contribution >= 4 is 44.8 Å². The highest BCUT2D eigenvalue weighted by Gasteiger charge is 2.28. The van der Waals surface area contributed by atoms with Gasteiger partial charge in [0.05, 0.1) is 21.5 Å². The molecule has 9 heteroatoms. The van der Waals surface area contributed by atoms with E-state index in [9.17, 15) is 13.2 Å². The third-order valence-electron chi connectivity index (χ3n) is 4.07. The maximum atomic E-state index is 12.2. The first-order valence-corrected chi connectivity index (χ1v) is 10.2. The number of amides is 1. The molecule has 3 N–H and O–H groups in total. The zero-order chi connectivity index (χ0) is 17.7. The summed E-state index contributed by atoms with van der Waals surface area (Å²) in [5.41, 5.74) is 6.12. The molecule has 0 atom stereocenters. The Hall–Kier alpha value is -1.02. The standard InChI is InChI=1S/C15H21Cl2N3O3S/c1-2-24(22,23)20-11-5-3-10(4-6-11)15(21)19-18-12-7-8-13(16)14(17)9-12/h7-11,18,20H,2-6H2,1H3,(H,19,21). The maximum absolute atomic E-state index is 12.2. The molecule has 0 radical (unpaired) electrons. The van der Waals surface area contributed by atoms with Crippen molar-refractivity contribution in [3.05, 3.63) is 28.2 Å². The van der Waals surface area contributed by atoms with E-state index >= 15 is 0 Å². The summed E-state index contributed by atoms with van der Waals surface area (Å²) >= 11 is 11.8. The summed E-state index contributed by atoms with van der Waals surface area (Å²) in [5, 5.41) is 0.848. The van der Waals surface area contributed by atoms with Crippen LogP contribution in [0.3, 0.4) is 0 Å². The lowest BCUT2D eigenvalue weighted by atomic mass is 9.86. The number of halogens is 2. The molecule has 0 saturated heterocycles.